The van der Waals surface area contributed by atoms with Gasteiger partial charge in [-0.25, -0.2) is 4.79 Å². The Bertz CT molecular complexity index is 902. The average molecular weight is 370 g/mol. The minimum absolute atomic E-state index is 0.0785. The van der Waals surface area contributed by atoms with Crippen LogP contribution < -0.4 is 9.64 Å². The van der Waals surface area contributed by atoms with Crippen LogP contribution in [-0.2, 0) is 14.3 Å². The number of methoxy groups -OCH3 is 1. The normalized spacial score (nSPS) is 19.5. The highest BCUT2D eigenvalue weighted by atomic mass is 35.5. The van der Waals surface area contributed by atoms with Crippen LogP contribution >= 0.6 is 11.6 Å². The van der Waals surface area contributed by atoms with Gasteiger partial charge in [-0.15, -0.1) is 0 Å². The molecular weight excluding hydrogens is 354 g/mol. The van der Waals surface area contributed by atoms with Crippen molar-refractivity contribution in [1.82, 2.24) is 0 Å². The highest BCUT2D eigenvalue weighted by Gasteiger charge is 2.42. The molecule has 1 atom stereocenters. The first-order valence-corrected chi connectivity index (χ1v) is 8.59. The summed E-state index contributed by atoms with van der Waals surface area (Å²) in [7, 11) is 1.60. The molecule has 5 nitrogen and oxygen atoms in total. The number of ether oxygens (including phenoxy) is 2. The second-order valence-electron chi connectivity index (χ2n) is 6.17. The molecule has 0 saturated heterocycles. The first kappa shape index (κ1) is 16.7. The number of amides is 1. The van der Waals surface area contributed by atoms with Crippen LogP contribution in [0.3, 0.4) is 0 Å². The molecule has 0 saturated carbocycles. The molecule has 0 N–H and O–H groups in total. The Labute approximate surface area is 155 Å². The second kappa shape index (κ2) is 6.50. The molecule has 0 radical (unpaired) electrons. The Kier molecular flexibility index (Phi) is 4.17. The van der Waals surface area contributed by atoms with E-state index in [1.54, 1.807) is 36.3 Å². The van der Waals surface area contributed by atoms with Crippen molar-refractivity contribution in [1.29, 1.82) is 0 Å². The summed E-state index contributed by atoms with van der Waals surface area (Å²) < 4.78 is 10.4. The molecule has 0 unspecified atom stereocenters. The minimum Gasteiger partial charge on any atom is -0.497 e. The summed E-state index contributed by atoms with van der Waals surface area (Å²) in [6, 6.07) is 14.4. The lowest BCUT2D eigenvalue weighted by Gasteiger charge is -2.31. The van der Waals surface area contributed by atoms with Crippen molar-refractivity contribution in [3.63, 3.8) is 0 Å². The monoisotopic (exact) mass is 369 g/mol. The Morgan fingerprint density at radius 3 is 2.42 bits per heavy atom. The maximum absolute atomic E-state index is 12.9. The standard InChI is InChI=1S/C20H16ClNO4/c1-25-15-8-2-12(3-9-15)16-10-18(23)22(14-6-4-13(21)5-7-14)17-11-26-20(24)19(16)17/h2-9,16H,10-11H2,1H3/t16-/m0/s1. The van der Waals surface area contributed by atoms with Crippen LogP contribution in [0.5, 0.6) is 5.75 Å². The molecule has 2 aromatic carbocycles. The predicted octanol–water partition coefficient (Wildman–Crippen LogP) is 3.68. The fourth-order valence-electron chi connectivity index (χ4n) is 3.46. The third-order valence-corrected chi connectivity index (χ3v) is 4.97. The number of hydrogen-bond donors (Lipinski definition) is 0. The fourth-order valence-corrected chi connectivity index (χ4v) is 3.59. The zero-order chi connectivity index (χ0) is 18.3. The number of esters is 1. The Hall–Kier alpha value is -2.79. The molecule has 0 aromatic heterocycles. The zero-order valence-electron chi connectivity index (χ0n) is 14.1. The van der Waals surface area contributed by atoms with Crippen molar-refractivity contribution in [2.75, 3.05) is 18.6 Å². The molecule has 6 heteroatoms. The summed E-state index contributed by atoms with van der Waals surface area (Å²) in [4.78, 5) is 26.9. The number of nitrogens with zero attached hydrogens (tertiary/aromatic N) is 1. The van der Waals surface area contributed by atoms with Gasteiger partial charge in [0.1, 0.15) is 12.4 Å². The molecule has 2 heterocycles. The molecule has 2 aliphatic heterocycles. The molecule has 0 aliphatic carbocycles. The van der Waals surface area contributed by atoms with E-state index in [1.165, 1.54) is 0 Å². The lowest BCUT2D eigenvalue weighted by Crippen LogP contribution is -2.37. The number of anilines is 1. The second-order valence-corrected chi connectivity index (χ2v) is 6.61. The Morgan fingerprint density at radius 2 is 1.77 bits per heavy atom. The molecule has 0 fully saturated rings. The number of hydrogen-bond acceptors (Lipinski definition) is 4. The van der Waals surface area contributed by atoms with Crippen molar-refractivity contribution in [3.8, 4) is 5.75 Å². The van der Waals surface area contributed by atoms with Gasteiger partial charge in [-0.3, -0.25) is 9.69 Å². The van der Waals surface area contributed by atoms with Gasteiger partial charge in [0.25, 0.3) is 0 Å². The van der Waals surface area contributed by atoms with E-state index < -0.39 is 0 Å². The Morgan fingerprint density at radius 1 is 1.08 bits per heavy atom. The molecule has 2 aromatic rings. The van der Waals surface area contributed by atoms with Crippen LogP contribution in [-0.4, -0.2) is 25.6 Å². The van der Waals surface area contributed by atoms with E-state index in [2.05, 4.69) is 0 Å². The van der Waals surface area contributed by atoms with E-state index in [1.807, 2.05) is 24.3 Å². The highest BCUT2D eigenvalue weighted by Crippen LogP contribution is 2.42. The third kappa shape index (κ3) is 2.74. The number of halogens is 1. The maximum Gasteiger partial charge on any atom is 0.336 e. The van der Waals surface area contributed by atoms with Crippen LogP contribution in [0.4, 0.5) is 5.69 Å². The van der Waals surface area contributed by atoms with Crippen molar-refractivity contribution in [2.45, 2.75) is 12.3 Å². The third-order valence-electron chi connectivity index (χ3n) is 4.72. The topological polar surface area (TPSA) is 55.8 Å². The van der Waals surface area contributed by atoms with Gasteiger partial charge >= 0.3 is 5.97 Å². The number of benzene rings is 2. The van der Waals surface area contributed by atoms with Crippen LogP contribution in [0.15, 0.2) is 59.8 Å². The summed E-state index contributed by atoms with van der Waals surface area (Å²) in [6.45, 7) is 0.0924. The van der Waals surface area contributed by atoms with Gasteiger partial charge in [-0.2, -0.15) is 0 Å². The molecule has 0 bridgehead atoms. The molecule has 26 heavy (non-hydrogen) atoms. The summed E-state index contributed by atoms with van der Waals surface area (Å²) >= 11 is 5.94. The van der Waals surface area contributed by atoms with Gasteiger partial charge in [0.15, 0.2) is 0 Å². The molecule has 4 rings (SSSR count). The van der Waals surface area contributed by atoms with Gasteiger partial charge in [-0.1, -0.05) is 23.7 Å². The van der Waals surface area contributed by atoms with Crippen LogP contribution in [0.1, 0.15) is 17.9 Å². The lowest BCUT2D eigenvalue weighted by atomic mass is 9.84. The quantitative estimate of drug-likeness (QED) is 0.774. The molecule has 0 spiro atoms. The minimum atomic E-state index is -0.368. The first-order chi connectivity index (χ1) is 12.6. The van der Waals surface area contributed by atoms with Crippen LogP contribution in [0.2, 0.25) is 5.02 Å². The predicted molar refractivity (Wildman–Crippen MR) is 97.3 cm³/mol. The first-order valence-electron chi connectivity index (χ1n) is 8.21. The van der Waals surface area contributed by atoms with Crippen molar-refractivity contribution in [2.24, 2.45) is 0 Å². The van der Waals surface area contributed by atoms with Crippen molar-refractivity contribution < 1.29 is 19.1 Å². The van der Waals surface area contributed by atoms with E-state index in [4.69, 9.17) is 21.1 Å². The van der Waals surface area contributed by atoms with E-state index in [0.29, 0.717) is 22.0 Å². The zero-order valence-corrected chi connectivity index (χ0v) is 14.8. The summed E-state index contributed by atoms with van der Waals surface area (Å²) in [5.41, 5.74) is 2.72. The largest absolute Gasteiger partial charge is 0.497 e. The van der Waals surface area contributed by atoms with Gasteiger partial charge in [-0.05, 0) is 42.0 Å². The number of carbonyl (C=O) groups excluding carboxylic acids is 2. The van der Waals surface area contributed by atoms with Gasteiger partial charge < -0.3 is 9.47 Å². The average Bonchev–Trinajstić information content (AvgIpc) is 3.04. The van der Waals surface area contributed by atoms with E-state index >= 15 is 0 Å². The van der Waals surface area contributed by atoms with Gasteiger partial charge in [0, 0.05) is 23.0 Å². The van der Waals surface area contributed by atoms with Crippen molar-refractivity contribution in [3.05, 3.63) is 70.4 Å². The van der Waals surface area contributed by atoms with Crippen molar-refractivity contribution >= 4 is 29.2 Å². The Balaban J connectivity index is 1.78. The number of cyclic esters (lactones) is 1. The molecule has 132 valence electrons. The van der Waals surface area contributed by atoms with E-state index in [-0.39, 0.29) is 30.8 Å². The van der Waals surface area contributed by atoms with E-state index in [9.17, 15) is 9.59 Å². The molecule has 1 amide bonds. The highest BCUT2D eigenvalue weighted by molar-refractivity contribution is 6.30. The SMILES string of the molecule is COc1ccc([C@@H]2CC(=O)N(c3ccc(Cl)cc3)C3=C2C(=O)OC3)cc1. The van der Waals surface area contributed by atoms with Gasteiger partial charge in [0.2, 0.25) is 5.91 Å². The smallest absolute Gasteiger partial charge is 0.336 e. The van der Waals surface area contributed by atoms with Gasteiger partial charge in [0.05, 0.1) is 18.4 Å². The number of rotatable bonds is 3. The number of carbonyl (C=O) groups is 2. The molecular formula is C20H16ClNO4. The summed E-state index contributed by atoms with van der Waals surface area (Å²) in [6.07, 6.45) is 0.197. The fraction of sp³-hybridized carbons (Fsp3) is 0.200. The maximum atomic E-state index is 12.9. The van der Waals surface area contributed by atoms with E-state index in [0.717, 1.165) is 11.3 Å². The summed E-state index contributed by atoms with van der Waals surface area (Å²) in [5.74, 6) is -0.0405. The van der Waals surface area contributed by atoms with Crippen LogP contribution in [0, 0.1) is 0 Å². The lowest BCUT2D eigenvalue weighted by molar-refractivity contribution is -0.136. The summed E-state index contributed by atoms with van der Waals surface area (Å²) in [5, 5.41) is 0.585. The van der Waals surface area contributed by atoms with Crippen LogP contribution in [0.25, 0.3) is 0 Å². The molecule has 2 aliphatic rings.